The first-order valence-electron chi connectivity index (χ1n) is 6.80. The van der Waals surface area contributed by atoms with Gasteiger partial charge in [0.15, 0.2) is 5.65 Å². The van der Waals surface area contributed by atoms with Crippen LogP contribution in [0.5, 0.6) is 0 Å². The van der Waals surface area contributed by atoms with Crippen molar-refractivity contribution in [1.29, 1.82) is 0 Å². The van der Waals surface area contributed by atoms with Gasteiger partial charge in [0.25, 0.3) is 5.91 Å². The van der Waals surface area contributed by atoms with Crippen LogP contribution in [-0.4, -0.2) is 37.8 Å². The van der Waals surface area contributed by atoms with Crippen molar-refractivity contribution in [2.24, 2.45) is 0 Å². The first kappa shape index (κ1) is 13.1. The average molecular weight is 274 g/mol. The highest BCUT2D eigenvalue weighted by Crippen LogP contribution is 2.31. The van der Waals surface area contributed by atoms with Gasteiger partial charge in [-0.2, -0.15) is 5.10 Å². The molecule has 0 saturated heterocycles. The molecule has 2 aromatic heterocycles. The molecule has 6 nitrogen and oxygen atoms in total. The summed E-state index contributed by atoms with van der Waals surface area (Å²) in [5.74, 6) is -0.196. The number of aromatic nitrogens is 3. The van der Waals surface area contributed by atoms with Gasteiger partial charge < -0.3 is 10.4 Å². The number of hydrogen-bond donors (Lipinski definition) is 2. The minimum absolute atomic E-state index is 0.0195. The lowest BCUT2D eigenvalue weighted by Gasteiger charge is -2.41. The maximum absolute atomic E-state index is 12.4. The van der Waals surface area contributed by atoms with Crippen molar-refractivity contribution in [3.63, 3.8) is 0 Å². The fourth-order valence-corrected chi connectivity index (χ4v) is 2.62. The molecule has 0 spiro atoms. The minimum Gasteiger partial charge on any atom is -0.394 e. The molecule has 106 valence electrons. The predicted octanol–water partition coefficient (Wildman–Crippen LogP) is 0.991. The van der Waals surface area contributed by atoms with Gasteiger partial charge >= 0.3 is 0 Å². The van der Waals surface area contributed by atoms with Crippen molar-refractivity contribution in [1.82, 2.24) is 19.9 Å². The van der Waals surface area contributed by atoms with Crippen LogP contribution >= 0.6 is 0 Å². The van der Waals surface area contributed by atoms with Crippen molar-refractivity contribution in [3.8, 4) is 0 Å². The van der Waals surface area contributed by atoms with E-state index in [1.165, 1.54) is 0 Å². The highest BCUT2D eigenvalue weighted by Gasteiger charge is 2.38. The normalized spacial score (nSPS) is 16.9. The van der Waals surface area contributed by atoms with Gasteiger partial charge in [-0.25, -0.2) is 9.50 Å². The summed E-state index contributed by atoms with van der Waals surface area (Å²) in [6.07, 6.45) is 4.26. The van der Waals surface area contributed by atoms with Crippen molar-refractivity contribution in [3.05, 3.63) is 29.2 Å². The summed E-state index contributed by atoms with van der Waals surface area (Å²) in [7, 11) is 0. The van der Waals surface area contributed by atoms with Crippen LogP contribution in [0.3, 0.4) is 0 Å². The Morgan fingerprint density at radius 2 is 2.25 bits per heavy atom. The topological polar surface area (TPSA) is 79.5 Å². The maximum Gasteiger partial charge on any atom is 0.255 e. The molecular formula is C14H18N4O2. The second-order valence-corrected chi connectivity index (χ2v) is 5.56. The number of nitrogens with one attached hydrogen (secondary N) is 1. The average Bonchev–Trinajstić information content (AvgIpc) is 2.75. The van der Waals surface area contributed by atoms with Crippen molar-refractivity contribution < 1.29 is 9.90 Å². The predicted molar refractivity (Wildman–Crippen MR) is 73.6 cm³/mol. The van der Waals surface area contributed by atoms with Crippen molar-refractivity contribution >= 4 is 11.6 Å². The van der Waals surface area contributed by atoms with E-state index in [4.69, 9.17) is 0 Å². The van der Waals surface area contributed by atoms with Crippen molar-refractivity contribution in [2.45, 2.75) is 38.6 Å². The number of carbonyl (C=O) groups is 1. The fraction of sp³-hybridized carbons (Fsp3) is 0.500. The summed E-state index contributed by atoms with van der Waals surface area (Å²) >= 11 is 0. The Morgan fingerprint density at radius 1 is 1.50 bits per heavy atom. The van der Waals surface area contributed by atoms with Gasteiger partial charge in [-0.05, 0) is 33.1 Å². The summed E-state index contributed by atoms with van der Waals surface area (Å²) < 4.78 is 1.68. The molecule has 20 heavy (non-hydrogen) atoms. The van der Waals surface area contributed by atoms with Gasteiger partial charge in [-0.15, -0.1) is 0 Å². The lowest BCUT2D eigenvalue weighted by Crippen LogP contribution is -2.56. The van der Waals surface area contributed by atoms with E-state index < -0.39 is 5.54 Å². The third-order valence-corrected chi connectivity index (χ3v) is 4.08. The van der Waals surface area contributed by atoms with Crippen LogP contribution in [0.4, 0.5) is 0 Å². The highest BCUT2D eigenvalue weighted by atomic mass is 16.3. The Balaban J connectivity index is 1.93. The molecule has 0 radical (unpaired) electrons. The van der Waals surface area contributed by atoms with Gasteiger partial charge in [-0.1, -0.05) is 0 Å². The number of aliphatic hydroxyl groups excluding tert-OH is 1. The van der Waals surface area contributed by atoms with Crippen LogP contribution in [-0.2, 0) is 0 Å². The minimum atomic E-state index is -0.446. The maximum atomic E-state index is 12.4. The molecule has 0 atom stereocenters. The fourth-order valence-electron chi connectivity index (χ4n) is 2.62. The van der Waals surface area contributed by atoms with Gasteiger partial charge in [0.05, 0.1) is 29.1 Å². The van der Waals surface area contributed by atoms with Gasteiger partial charge in [0, 0.05) is 12.3 Å². The molecule has 0 unspecified atom stereocenters. The zero-order valence-electron chi connectivity index (χ0n) is 11.7. The molecule has 2 aromatic rings. The largest absolute Gasteiger partial charge is 0.394 e. The molecule has 0 aromatic carbocycles. The quantitative estimate of drug-likeness (QED) is 0.874. The number of fused-ring (bicyclic) bond motifs is 1. The van der Waals surface area contributed by atoms with Crippen LogP contribution in [0.1, 0.15) is 41.0 Å². The molecule has 2 heterocycles. The van der Waals surface area contributed by atoms with Gasteiger partial charge in [0.1, 0.15) is 0 Å². The second-order valence-electron chi connectivity index (χ2n) is 5.56. The number of nitrogens with zero attached hydrogens (tertiary/aromatic N) is 3. The standard InChI is InChI=1S/C14H18N4O2/c1-9-6-12-15-7-11(10(2)18(12)17-9)13(20)16-14(8-19)4-3-5-14/h6-7,19H,3-5,8H2,1-2H3,(H,16,20). The van der Waals surface area contributed by atoms with E-state index in [9.17, 15) is 9.90 Å². The van der Waals surface area contributed by atoms with E-state index in [0.29, 0.717) is 5.56 Å². The number of rotatable bonds is 3. The SMILES string of the molecule is Cc1cc2ncc(C(=O)NC3(CO)CCC3)c(C)n2n1. The van der Waals surface area contributed by atoms with Crippen LogP contribution in [0, 0.1) is 13.8 Å². The summed E-state index contributed by atoms with van der Waals surface area (Å²) in [5, 5.41) is 16.7. The summed E-state index contributed by atoms with van der Waals surface area (Å²) in [4.78, 5) is 16.6. The summed E-state index contributed by atoms with van der Waals surface area (Å²) in [6, 6.07) is 1.87. The molecule has 0 bridgehead atoms. The molecule has 1 aliphatic carbocycles. The lowest BCUT2D eigenvalue weighted by atomic mass is 9.77. The number of aliphatic hydroxyl groups is 1. The van der Waals surface area contributed by atoms with Crippen LogP contribution < -0.4 is 5.32 Å². The Labute approximate surface area is 116 Å². The van der Waals surface area contributed by atoms with Crippen LogP contribution in [0.25, 0.3) is 5.65 Å². The molecule has 1 fully saturated rings. The molecule has 1 aliphatic rings. The third-order valence-electron chi connectivity index (χ3n) is 4.08. The monoisotopic (exact) mass is 274 g/mol. The number of hydrogen-bond acceptors (Lipinski definition) is 4. The molecule has 1 saturated carbocycles. The second kappa shape index (κ2) is 4.56. The Kier molecular flexibility index (Phi) is 2.97. The Hall–Kier alpha value is -1.95. The molecule has 0 aliphatic heterocycles. The first-order chi connectivity index (χ1) is 9.54. The molecule has 1 amide bonds. The van der Waals surface area contributed by atoms with E-state index in [0.717, 1.165) is 36.3 Å². The van der Waals surface area contributed by atoms with E-state index in [-0.39, 0.29) is 12.5 Å². The molecule has 3 rings (SSSR count). The smallest absolute Gasteiger partial charge is 0.255 e. The van der Waals surface area contributed by atoms with Gasteiger partial charge in [-0.3, -0.25) is 4.79 Å². The van der Waals surface area contributed by atoms with Gasteiger partial charge in [0.2, 0.25) is 0 Å². The molecule has 6 heteroatoms. The van der Waals surface area contributed by atoms with E-state index in [1.54, 1.807) is 10.7 Å². The molecule has 2 N–H and O–H groups in total. The lowest BCUT2D eigenvalue weighted by molar-refractivity contribution is 0.0640. The number of carbonyl (C=O) groups excluding carboxylic acids is 1. The third kappa shape index (κ3) is 1.96. The van der Waals surface area contributed by atoms with Crippen LogP contribution in [0.2, 0.25) is 0 Å². The molecular weight excluding hydrogens is 256 g/mol. The van der Waals surface area contributed by atoms with E-state index in [2.05, 4.69) is 15.4 Å². The van der Waals surface area contributed by atoms with E-state index in [1.807, 2.05) is 19.9 Å². The first-order valence-corrected chi connectivity index (χ1v) is 6.80. The zero-order chi connectivity index (χ0) is 14.3. The van der Waals surface area contributed by atoms with Crippen LogP contribution in [0.15, 0.2) is 12.3 Å². The number of aryl methyl sites for hydroxylation is 2. The zero-order valence-corrected chi connectivity index (χ0v) is 11.7. The Bertz CT molecular complexity index is 668. The highest BCUT2D eigenvalue weighted by molar-refractivity contribution is 5.95. The summed E-state index contributed by atoms with van der Waals surface area (Å²) in [6.45, 7) is 3.72. The van der Waals surface area contributed by atoms with Crippen molar-refractivity contribution in [2.75, 3.05) is 6.61 Å². The summed E-state index contributed by atoms with van der Waals surface area (Å²) in [5.41, 5.74) is 2.41. The van der Waals surface area contributed by atoms with E-state index >= 15 is 0 Å². The Morgan fingerprint density at radius 3 is 2.85 bits per heavy atom. The number of amides is 1.